The van der Waals surface area contributed by atoms with Gasteiger partial charge in [-0.1, -0.05) is 32.6 Å². The molecule has 3 aliphatic rings. The molecule has 2 atom stereocenters. The second-order valence-electron chi connectivity index (χ2n) is 13.5. The van der Waals surface area contributed by atoms with Crippen molar-refractivity contribution in [2.75, 3.05) is 23.8 Å². The molecule has 3 aromatic rings. The van der Waals surface area contributed by atoms with Gasteiger partial charge in [0.1, 0.15) is 11.4 Å². The van der Waals surface area contributed by atoms with Crippen molar-refractivity contribution in [2.24, 2.45) is 12.5 Å². The number of nitrogens with one attached hydrogen (secondary N) is 1. The van der Waals surface area contributed by atoms with Crippen LogP contribution in [0.25, 0.3) is 11.1 Å². The zero-order chi connectivity index (χ0) is 30.6. The molecule has 1 fully saturated rings. The predicted octanol–water partition coefficient (Wildman–Crippen LogP) is 5.74. The van der Waals surface area contributed by atoms with E-state index in [1.54, 1.807) is 16.5 Å². The van der Waals surface area contributed by atoms with Gasteiger partial charge in [-0.25, -0.2) is 0 Å². The second-order valence-corrected chi connectivity index (χ2v) is 13.5. The molecule has 8 nitrogen and oxygen atoms in total. The Labute approximate surface area is 266 Å². The first-order chi connectivity index (χ1) is 20.5. The minimum atomic E-state index is -0.0848. The zero-order valence-electron chi connectivity index (χ0n) is 26.5. The van der Waals surface area contributed by atoms with E-state index < -0.39 is 0 Å². The molecule has 0 spiro atoms. The van der Waals surface area contributed by atoms with Gasteiger partial charge < -0.3 is 24.3 Å². The molecule has 0 radical (unpaired) electrons. The van der Waals surface area contributed by atoms with E-state index in [-0.39, 0.29) is 47.3 Å². The number of amides is 2. The molecule has 3 heterocycles. The zero-order valence-corrected chi connectivity index (χ0v) is 27.3. The fourth-order valence-electron chi connectivity index (χ4n) is 7.52. The van der Waals surface area contributed by atoms with Gasteiger partial charge in [-0.3, -0.25) is 14.4 Å². The molecule has 0 bridgehead atoms. The molecule has 1 N–H and O–H groups in total. The van der Waals surface area contributed by atoms with Crippen molar-refractivity contribution in [3.05, 3.63) is 82.1 Å². The average Bonchev–Trinajstić information content (AvgIpc) is 3.47. The van der Waals surface area contributed by atoms with Crippen LogP contribution < -0.4 is 15.8 Å². The molecule has 9 heteroatoms. The fraction of sp³-hybridized carbons (Fsp3) is 0.457. The number of carbonyl (C=O) groups excluding carboxylic acids is 2. The van der Waals surface area contributed by atoms with E-state index >= 15 is 0 Å². The summed E-state index contributed by atoms with van der Waals surface area (Å²) < 4.78 is 3.87. The molecule has 0 saturated heterocycles. The molecule has 1 aliphatic heterocycles. The van der Waals surface area contributed by atoms with Crippen LogP contribution in [-0.2, 0) is 31.2 Å². The minimum absolute atomic E-state index is 0. The van der Waals surface area contributed by atoms with Crippen molar-refractivity contribution < 1.29 is 9.59 Å². The van der Waals surface area contributed by atoms with Crippen LogP contribution in [0.15, 0.2) is 54.0 Å². The van der Waals surface area contributed by atoms with Gasteiger partial charge in [0.2, 0.25) is 5.91 Å². The van der Waals surface area contributed by atoms with E-state index in [0.717, 1.165) is 73.1 Å². The summed E-state index contributed by atoms with van der Waals surface area (Å²) in [5.74, 6) is -0.0272. The van der Waals surface area contributed by atoms with Gasteiger partial charge in [-0.05, 0) is 91.8 Å². The fourth-order valence-corrected chi connectivity index (χ4v) is 7.52. The number of pyridine rings is 1. The van der Waals surface area contributed by atoms with Gasteiger partial charge in [0.05, 0.1) is 0 Å². The number of hydrogen-bond acceptors (Lipinski definition) is 4. The number of rotatable bonds is 6. The molecule has 234 valence electrons. The number of likely N-dealkylation sites (N-methyl/N-ethyl adjacent to an activating group) is 1. The molecular weight excluding hydrogens is 574 g/mol. The topological polar surface area (TPSA) is 79.6 Å². The number of aromatic nitrogens is 2. The first kappa shape index (κ1) is 31.6. The number of carbonyl (C=O) groups is 2. The standard InChI is InChI=1S/C35H43N5O3.ClH/c1-7-32(41)38(6)26-11-8-10-25(18-26)36-28-16-24(21-37(5)33(28)42)27-12-9-13-29(22(27)2)40-15-14-39-30(34(40)43)17-23-19-35(3,4)20-31(23)39;/h7,9,12-13,16-17,21,25-26,36H,1,8,10-11,14-15,18-20H2,2-6H3;1H/t25-,26-;/m0./s1. The molecule has 0 unspecified atom stereocenters. The van der Waals surface area contributed by atoms with E-state index in [9.17, 15) is 14.4 Å². The van der Waals surface area contributed by atoms with E-state index in [1.807, 2.05) is 36.3 Å². The Kier molecular flexibility index (Phi) is 8.60. The number of benzene rings is 1. The number of halogens is 1. The average molecular weight is 618 g/mol. The number of fused-ring (bicyclic) bond motifs is 3. The molecular formula is C35H44ClN5O3. The third-order valence-corrected chi connectivity index (χ3v) is 9.79. The van der Waals surface area contributed by atoms with E-state index in [1.165, 1.54) is 17.3 Å². The van der Waals surface area contributed by atoms with Crippen LogP contribution in [0.2, 0.25) is 0 Å². The lowest BCUT2D eigenvalue weighted by Crippen LogP contribution is -2.43. The van der Waals surface area contributed by atoms with Gasteiger partial charge in [0.25, 0.3) is 11.5 Å². The van der Waals surface area contributed by atoms with Crippen molar-refractivity contribution >= 4 is 35.6 Å². The lowest BCUT2D eigenvalue weighted by atomic mass is 9.89. The largest absolute Gasteiger partial charge is 0.378 e. The Morgan fingerprint density at radius 2 is 1.91 bits per heavy atom. The van der Waals surface area contributed by atoms with Crippen molar-refractivity contribution in [1.82, 2.24) is 14.0 Å². The first-order valence-corrected chi connectivity index (χ1v) is 15.5. The third-order valence-electron chi connectivity index (χ3n) is 9.79. The summed E-state index contributed by atoms with van der Waals surface area (Å²) in [5.41, 5.74) is 7.98. The Balaban J connectivity index is 0.00000384. The van der Waals surface area contributed by atoms with Crippen LogP contribution >= 0.6 is 12.4 Å². The summed E-state index contributed by atoms with van der Waals surface area (Å²) >= 11 is 0. The summed E-state index contributed by atoms with van der Waals surface area (Å²) in [6.07, 6.45) is 8.89. The van der Waals surface area contributed by atoms with Gasteiger partial charge >= 0.3 is 0 Å². The molecule has 1 saturated carbocycles. The predicted molar refractivity (Wildman–Crippen MR) is 179 cm³/mol. The normalized spacial score (nSPS) is 20.4. The number of hydrogen-bond donors (Lipinski definition) is 1. The lowest BCUT2D eigenvalue weighted by molar-refractivity contribution is -0.127. The monoisotopic (exact) mass is 617 g/mol. The highest BCUT2D eigenvalue weighted by Gasteiger charge is 2.37. The summed E-state index contributed by atoms with van der Waals surface area (Å²) in [6.45, 7) is 11.7. The van der Waals surface area contributed by atoms with Crippen LogP contribution in [0.1, 0.15) is 66.8 Å². The maximum Gasteiger partial charge on any atom is 0.274 e. The molecule has 2 amide bonds. The maximum atomic E-state index is 13.8. The molecule has 6 rings (SSSR count). The first-order valence-electron chi connectivity index (χ1n) is 15.5. The molecule has 1 aromatic carbocycles. The molecule has 44 heavy (non-hydrogen) atoms. The van der Waals surface area contributed by atoms with Gasteiger partial charge in [-0.2, -0.15) is 0 Å². The summed E-state index contributed by atoms with van der Waals surface area (Å²) in [4.78, 5) is 42.9. The third kappa shape index (κ3) is 5.60. The number of nitrogens with zero attached hydrogens (tertiary/aromatic N) is 4. The SMILES string of the molecule is C=CC(=O)N(C)[C@H]1CCC[C@H](Nc2cc(-c3cccc(N4CCn5c(cc6c5CC(C)(C)C6)C4=O)c3C)cn(C)c2=O)C1.Cl. The van der Waals surface area contributed by atoms with Gasteiger partial charge in [0, 0.05) is 62.4 Å². The Morgan fingerprint density at radius 1 is 1.14 bits per heavy atom. The highest BCUT2D eigenvalue weighted by molar-refractivity contribution is 6.07. The summed E-state index contributed by atoms with van der Waals surface area (Å²) in [5, 5.41) is 3.52. The smallest absolute Gasteiger partial charge is 0.274 e. The number of aryl methyl sites for hydroxylation is 1. The van der Waals surface area contributed by atoms with Crippen LogP contribution in [0.4, 0.5) is 11.4 Å². The highest BCUT2D eigenvalue weighted by Crippen LogP contribution is 2.40. The Hall–Kier alpha value is -3.78. The highest BCUT2D eigenvalue weighted by atomic mass is 35.5. The van der Waals surface area contributed by atoms with Gasteiger partial charge in [-0.15, -0.1) is 12.4 Å². The second kappa shape index (κ2) is 12.0. The van der Waals surface area contributed by atoms with E-state index in [4.69, 9.17) is 0 Å². The maximum absolute atomic E-state index is 13.8. The molecule has 2 aliphatic carbocycles. The Bertz CT molecular complexity index is 1690. The van der Waals surface area contributed by atoms with Crippen molar-refractivity contribution in [3.63, 3.8) is 0 Å². The minimum Gasteiger partial charge on any atom is -0.378 e. The van der Waals surface area contributed by atoms with Crippen molar-refractivity contribution in [3.8, 4) is 11.1 Å². The van der Waals surface area contributed by atoms with Crippen LogP contribution in [-0.4, -0.2) is 51.5 Å². The molecule has 2 aromatic heterocycles. The van der Waals surface area contributed by atoms with E-state index in [2.05, 4.69) is 49.4 Å². The van der Waals surface area contributed by atoms with Crippen LogP contribution in [0.5, 0.6) is 0 Å². The Morgan fingerprint density at radius 3 is 2.66 bits per heavy atom. The quantitative estimate of drug-likeness (QED) is 0.358. The van der Waals surface area contributed by atoms with Crippen LogP contribution in [0, 0.1) is 12.3 Å². The van der Waals surface area contributed by atoms with Crippen molar-refractivity contribution in [2.45, 2.75) is 77.9 Å². The van der Waals surface area contributed by atoms with E-state index in [0.29, 0.717) is 12.2 Å². The lowest BCUT2D eigenvalue weighted by Gasteiger charge is -2.35. The van der Waals surface area contributed by atoms with Gasteiger partial charge in [0.15, 0.2) is 0 Å². The number of anilines is 2. The summed E-state index contributed by atoms with van der Waals surface area (Å²) in [6, 6.07) is 10.3. The summed E-state index contributed by atoms with van der Waals surface area (Å²) in [7, 11) is 3.60. The van der Waals surface area contributed by atoms with Crippen LogP contribution in [0.3, 0.4) is 0 Å². The van der Waals surface area contributed by atoms with Crippen molar-refractivity contribution in [1.29, 1.82) is 0 Å².